The fourth-order valence-corrected chi connectivity index (χ4v) is 0.902. The molecule has 2 nitrogen and oxygen atoms in total. The van der Waals surface area contributed by atoms with Crippen LogP contribution in [0.1, 0.15) is 5.56 Å². The van der Waals surface area contributed by atoms with Crippen molar-refractivity contribution < 1.29 is 5.02 Å². The summed E-state index contributed by atoms with van der Waals surface area (Å²) in [5.74, 6) is 0. The topological polar surface area (TPSA) is 44.0 Å². The standard InChI is InChI=1S/C7H6BNOS/c9-5-6-1-3-7(4-2-6)8(10)11/h1-4,10-11H. The molecule has 0 aromatic heterocycles. The van der Waals surface area contributed by atoms with Crippen molar-refractivity contribution in [1.29, 1.82) is 5.26 Å². The molecule has 0 heterocycles. The average molecular weight is 163 g/mol. The Morgan fingerprint density at radius 2 is 1.91 bits per heavy atom. The van der Waals surface area contributed by atoms with Gasteiger partial charge in [0.15, 0.2) is 0 Å². The number of benzene rings is 1. The highest BCUT2D eigenvalue weighted by atomic mass is 32.1. The van der Waals surface area contributed by atoms with Crippen LogP contribution in [0.2, 0.25) is 0 Å². The van der Waals surface area contributed by atoms with Crippen molar-refractivity contribution in [3.8, 4) is 6.07 Å². The van der Waals surface area contributed by atoms with Crippen LogP contribution in [0.3, 0.4) is 0 Å². The zero-order valence-electron chi connectivity index (χ0n) is 5.73. The molecule has 0 aliphatic heterocycles. The van der Waals surface area contributed by atoms with Crippen LogP contribution in [0.25, 0.3) is 0 Å². The molecule has 1 rings (SSSR count). The summed E-state index contributed by atoms with van der Waals surface area (Å²) in [6, 6.07) is 8.64. The van der Waals surface area contributed by atoms with Crippen molar-refractivity contribution in [3.05, 3.63) is 29.8 Å². The van der Waals surface area contributed by atoms with Crippen LogP contribution in [0, 0.1) is 11.3 Å². The number of rotatable bonds is 1. The van der Waals surface area contributed by atoms with Gasteiger partial charge in [0.1, 0.15) is 0 Å². The maximum Gasteiger partial charge on any atom is 0.390 e. The van der Waals surface area contributed by atoms with Crippen LogP contribution in [-0.4, -0.2) is 11.2 Å². The van der Waals surface area contributed by atoms with Crippen LogP contribution in [0.4, 0.5) is 0 Å². The van der Waals surface area contributed by atoms with E-state index in [1.807, 2.05) is 6.07 Å². The van der Waals surface area contributed by atoms with E-state index in [-0.39, 0.29) is 0 Å². The predicted molar refractivity (Wildman–Crippen MR) is 47.7 cm³/mol. The highest BCUT2D eigenvalue weighted by Gasteiger charge is 2.06. The summed E-state index contributed by atoms with van der Waals surface area (Å²) in [4.78, 5) is 0. The minimum Gasteiger partial charge on any atom is -0.438 e. The van der Waals surface area contributed by atoms with E-state index in [2.05, 4.69) is 12.5 Å². The van der Waals surface area contributed by atoms with Crippen LogP contribution >= 0.6 is 12.5 Å². The van der Waals surface area contributed by atoms with Crippen LogP contribution < -0.4 is 5.46 Å². The molecule has 0 aliphatic carbocycles. The Labute approximate surface area is 70.9 Å². The summed E-state index contributed by atoms with van der Waals surface area (Å²) in [5, 5.41) is 17.4. The number of hydrogen-bond acceptors (Lipinski definition) is 3. The predicted octanol–water partition coefficient (Wildman–Crippen LogP) is 0.176. The molecule has 0 saturated carbocycles. The van der Waals surface area contributed by atoms with Crippen molar-refractivity contribution in [2.45, 2.75) is 0 Å². The van der Waals surface area contributed by atoms with Gasteiger partial charge in [-0.3, -0.25) is 0 Å². The number of nitrogens with zero attached hydrogens (tertiary/aromatic N) is 1. The normalized spacial score (nSPS) is 8.82. The molecule has 1 N–H and O–H groups in total. The lowest BCUT2D eigenvalue weighted by atomic mass is 9.86. The molecule has 1 aromatic carbocycles. The Hall–Kier alpha value is -0.915. The number of thiol groups is 1. The molecule has 0 aliphatic rings. The molecule has 0 saturated heterocycles. The van der Waals surface area contributed by atoms with Crippen LogP contribution in [0.15, 0.2) is 24.3 Å². The van der Waals surface area contributed by atoms with Crippen molar-refractivity contribution in [2.75, 3.05) is 0 Å². The summed E-state index contributed by atoms with van der Waals surface area (Å²) in [5.41, 5.74) is 1.29. The third kappa shape index (κ3) is 2.00. The van der Waals surface area contributed by atoms with Gasteiger partial charge in [-0.25, -0.2) is 0 Å². The van der Waals surface area contributed by atoms with Gasteiger partial charge in [0.2, 0.25) is 0 Å². The lowest BCUT2D eigenvalue weighted by molar-refractivity contribution is 0.609. The van der Waals surface area contributed by atoms with Gasteiger partial charge in [-0.15, -0.1) is 0 Å². The zero-order valence-corrected chi connectivity index (χ0v) is 6.62. The van der Waals surface area contributed by atoms with E-state index in [1.165, 1.54) is 0 Å². The summed E-state index contributed by atoms with van der Waals surface area (Å²) in [7, 11) is 0. The second-order valence-corrected chi connectivity index (χ2v) is 2.60. The summed E-state index contributed by atoms with van der Waals surface area (Å²) >= 11 is 3.82. The number of hydrogen-bond donors (Lipinski definition) is 2. The second kappa shape index (κ2) is 3.47. The Balaban J connectivity index is 2.94. The Morgan fingerprint density at radius 1 is 1.36 bits per heavy atom. The van der Waals surface area contributed by atoms with Gasteiger partial charge in [-0.05, 0) is 17.6 Å². The van der Waals surface area contributed by atoms with Crippen LogP contribution in [-0.2, 0) is 0 Å². The lowest BCUT2D eigenvalue weighted by Gasteiger charge is -1.97. The first-order valence-electron chi connectivity index (χ1n) is 3.10. The second-order valence-electron chi connectivity index (χ2n) is 2.11. The minimum atomic E-state index is -0.761. The maximum atomic E-state index is 8.97. The Morgan fingerprint density at radius 3 is 2.27 bits per heavy atom. The van der Waals surface area contributed by atoms with Gasteiger partial charge < -0.3 is 5.02 Å². The minimum absolute atomic E-state index is 0.586. The molecular formula is C7H6BNOS. The molecular weight excluding hydrogens is 157 g/mol. The smallest absolute Gasteiger partial charge is 0.390 e. The highest BCUT2D eigenvalue weighted by molar-refractivity contribution is 8.10. The molecule has 1 aromatic rings. The van der Waals surface area contributed by atoms with E-state index in [9.17, 15) is 0 Å². The largest absolute Gasteiger partial charge is 0.438 e. The summed E-state index contributed by atoms with van der Waals surface area (Å²) < 4.78 is 0. The lowest BCUT2D eigenvalue weighted by Crippen LogP contribution is -2.23. The van der Waals surface area contributed by atoms with Gasteiger partial charge >= 0.3 is 6.19 Å². The number of nitriles is 1. The average Bonchev–Trinajstić information content (AvgIpc) is 2.05. The van der Waals surface area contributed by atoms with E-state index < -0.39 is 6.19 Å². The molecule has 54 valence electrons. The molecule has 0 fully saturated rings. The van der Waals surface area contributed by atoms with Gasteiger partial charge in [0.05, 0.1) is 11.6 Å². The van der Waals surface area contributed by atoms with E-state index in [1.54, 1.807) is 24.3 Å². The highest BCUT2D eigenvalue weighted by Crippen LogP contribution is 1.95. The third-order valence-corrected chi connectivity index (χ3v) is 1.64. The molecule has 0 amide bonds. The van der Waals surface area contributed by atoms with Gasteiger partial charge in [0.25, 0.3) is 0 Å². The molecule has 0 spiro atoms. The Kier molecular flexibility index (Phi) is 2.58. The maximum absolute atomic E-state index is 8.97. The van der Waals surface area contributed by atoms with Gasteiger partial charge in [0, 0.05) is 0 Å². The molecule has 0 atom stereocenters. The molecule has 4 heteroatoms. The van der Waals surface area contributed by atoms with Crippen molar-refractivity contribution in [1.82, 2.24) is 0 Å². The molecule has 0 radical (unpaired) electrons. The molecule has 0 unspecified atom stereocenters. The molecule has 0 bridgehead atoms. The van der Waals surface area contributed by atoms with E-state index in [4.69, 9.17) is 10.3 Å². The van der Waals surface area contributed by atoms with Crippen molar-refractivity contribution in [3.63, 3.8) is 0 Å². The van der Waals surface area contributed by atoms with E-state index in [0.29, 0.717) is 11.0 Å². The monoisotopic (exact) mass is 163 g/mol. The SMILES string of the molecule is N#Cc1ccc(B(O)S)cc1. The van der Waals surface area contributed by atoms with E-state index >= 15 is 0 Å². The first-order valence-corrected chi connectivity index (χ1v) is 3.62. The fraction of sp³-hybridized carbons (Fsp3) is 0. The van der Waals surface area contributed by atoms with E-state index in [0.717, 1.165) is 0 Å². The zero-order chi connectivity index (χ0) is 8.27. The fourth-order valence-electron chi connectivity index (χ4n) is 0.730. The third-order valence-electron chi connectivity index (χ3n) is 1.34. The van der Waals surface area contributed by atoms with Gasteiger partial charge in [-0.1, -0.05) is 12.1 Å². The summed E-state index contributed by atoms with van der Waals surface area (Å²) in [6.45, 7) is 0. The van der Waals surface area contributed by atoms with Gasteiger partial charge in [-0.2, -0.15) is 17.7 Å². The van der Waals surface area contributed by atoms with Crippen molar-refractivity contribution in [2.24, 2.45) is 0 Å². The first-order chi connectivity index (χ1) is 5.24. The molecule has 11 heavy (non-hydrogen) atoms. The van der Waals surface area contributed by atoms with Crippen molar-refractivity contribution >= 4 is 24.1 Å². The Bertz CT molecular complexity index is 277. The summed E-state index contributed by atoms with van der Waals surface area (Å²) in [6.07, 6.45) is -0.761. The van der Waals surface area contributed by atoms with Crippen LogP contribution in [0.5, 0.6) is 0 Å². The quantitative estimate of drug-likeness (QED) is 0.458. The first kappa shape index (κ1) is 8.18.